The lowest BCUT2D eigenvalue weighted by molar-refractivity contribution is 0.0964. The Morgan fingerprint density at radius 1 is 1.09 bits per heavy atom. The number of rotatable bonds is 6. The molecule has 1 aromatic carbocycles. The summed E-state index contributed by atoms with van der Waals surface area (Å²) in [5.74, 6) is 0.471. The van der Waals surface area contributed by atoms with Crippen LogP contribution in [0, 0.1) is 12.7 Å². The SMILES string of the molecule is CNC(=O)c1ccnc2c(C(C)CNc3cc(-c4cnc(C)nc4)ncn3)ccc(F)c12. The van der Waals surface area contributed by atoms with Gasteiger partial charge in [-0.15, -0.1) is 0 Å². The van der Waals surface area contributed by atoms with Crippen LogP contribution in [0.3, 0.4) is 0 Å². The molecule has 162 valence electrons. The van der Waals surface area contributed by atoms with Crippen LogP contribution in [-0.2, 0) is 0 Å². The van der Waals surface area contributed by atoms with Gasteiger partial charge in [0.1, 0.15) is 23.8 Å². The molecule has 2 N–H and O–H groups in total. The number of carbonyl (C=O) groups excluding carboxylic acids is 1. The zero-order valence-corrected chi connectivity index (χ0v) is 17.9. The van der Waals surface area contributed by atoms with Crippen LogP contribution in [0.4, 0.5) is 10.2 Å². The molecule has 8 nitrogen and oxygen atoms in total. The molecule has 0 saturated carbocycles. The van der Waals surface area contributed by atoms with Crippen molar-refractivity contribution in [3.05, 3.63) is 72.0 Å². The number of hydrogen-bond acceptors (Lipinski definition) is 7. The summed E-state index contributed by atoms with van der Waals surface area (Å²) in [4.78, 5) is 33.5. The maximum absolute atomic E-state index is 14.6. The van der Waals surface area contributed by atoms with E-state index in [2.05, 4.69) is 35.6 Å². The van der Waals surface area contributed by atoms with E-state index in [1.807, 2.05) is 19.9 Å². The van der Waals surface area contributed by atoms with Crippen LogP contribution in [0.25, 0.3) is 22.2 Å². The number of nitrogens with zero attached hydrogens (tertiary/aromatic N) is 5. The molecule has 1 atom stereocenters. The minimum atomic E-state index is -0.476. The highest BCUT2D eigenvalue weighted by Crippen LogP contribution is 2.29. The highest BCUT2D eigenvalue weighted by atomic mass is 19.1. The molecule has 4 rings (SSSR count). The van der Waals surface area contributed by atoms with Crippen molar-refractivity contribution < 1.29 is 9.18 Å². The number of aryl methyl sites for hydroxylation is 1. The second kappa shape index (κ2) is 9.01. The first kappa shape index (κ1) is 21.2. The van der Waals surface area contributed by atoms with Crippen molar-refractivity contribution in [3.8, 4) is 11.3 Å². The number of aromatic nitrogens is 5. The van der Waals surface area contributed by atoms with Crippen LogP contribution in [0.5, 0.6) is 0 Å². The Kier molecular flexibility index (Phi) is 5.98. The molecule has 4 aromatic rings. The van der Waals surface area contributed by atoms with Gasteiger partial charge in [0.05, 0.1) is 16.8 Å². The van der Waals surface area contributed by atoms with Crippen molar-refractivity contribution in [3.63, 3.8) is 0 Å². The molecule has 3 aromatic heterocycles. The standard InChI is InChI=1S/C23H22FN7O/c1-13(9-29-20-8-19(30-12-31-20)15-10-27-14(2)28-11-15)16-4-5-18(24)21-17(23(32)25-3)6-7-26-22(16)21/h4-8,10-13H,9H2,1-3H3,(H,25,32)(H,29,30,31). The van der Waals surface area contributed by atoms with Crippen molar-refractivity contribution in [2.24, 2.45) is 0 Å². The number of benzene rings is 1. The zero-order valence-electron chi connectivity index (χ0n) is 17.9. The number of nitrogens with one attached hydrogen (secondary N) is 2. The zero-order chi connectivity index (χ0) is 22.7. The highest BCUT2D eigenvalue weighted by Gasteiger charge is 2.18. The average Bonchev–Trinajstić information content (AvgIpc) is 2.82. The number of hydrogen-bond donors (Lipinski definition) is 2. The van der Waals surface area contributed by atoms with Crippen molar-refractivity contribution in [2.75, 3.05) is 18.9 Å². The predicted molar refractivity (Wildman–Crippen MR) is 120 cm³/mol. The van der Waals surface area contributed by atoms with Crippen LogP contribution < -0.4 is 10.6 Å². The van der Waals surface area contributed by atoms with E-state index >= 15 is 0 Å². The van der Waals surface area contributed by atoms with Crippen molar-refractivity contribution >= 4 is 22.6 Å². The average molecular weight is 431 g/mol. The van der Waals surface area contributed by atoms with E-state index in [9.17, 15) is 9.18 Å². The first-order valence-electron chi connectivity index (χ1n) is 10.1. The normalized spacial score (nSPS) is 11.9. The van der Waals surface area contributed by atoms with Gasteiger partial charge >= 0.3 is 0 Å². The summed E-state index contributed by atoms with van der Waals surface area (Å²) in [5.41, 5.74) is 3.07. The molecule has 0 spiro atoms. The number of fused-ring (bicyclic) bond motifs is 1. The molecule has 1 unspecified atom stereocenters. The van der Waals surface area contributed by atoms with Gasteiger partial charge in [-0.05, 0) is 24.6 Å². The Bertz CT molecular complexity index is 1280. The smallest absolute Gasteiger partial charge is 0.251 e. The summed E-state index contributed by atoms with van der Waals surface area (Å²) in [7, 11) is 1.52. The van der Waals surface area contributed by atoms with Crippen LogP contribution in [-0.4, -0.2) is 44.4 Å². The fourth-order valence-corrected chi connectivity index (χ4v) is 3.47. The summed E-state index contributed by atoms with van der Waals surface area (Å²) in [5, 5.41) is 6.07. The molecule has 0 saturated heterocycles. The predicted octanol–water partition coefficient (Wildman–Crippen LogP) is 3.50. The molecule has 3 heterocycles. The van der Waals surface area contributed by atoms with E-state index in [0.29, 0.717) is 29.4 Å². The monoisotopic (exact) mass is 431 g/mol. The third-order valence-electron chi connectivity index (χ3n) is 5.21. The molecule has 0 bridgehead atoms. The first-order chi connectivity index (χ1) is 15.5. The van der Waals surface area contributed by atoms with Gasteiger partial charge in [0.15, 0.2) is 0 Å². The van der Waals surface area contributed by atoms with Crippen molar-refractivity contribution in [1.29, 1.82) is 0 Å². The van der Waals surface area contributed by atoms with E-state index < -0.39 is 5.82 Å². The Hall–Kier alpha value is -4.01. The highest BCUT2D eigenvalue weighted by molar-refractivity contribution is 6.06. The molecule has 0 aliphatic heterocycles. The van der Waals surface area contributed by atoms with Gasteiger partial charge in [0.2, 0.25) is 0 Å². The molecule has 0 aliphatic carbocycles. The molecule has 32 heavy (non-hydrogen) atoms. The largest absolute Gasteiger partial charge is 0.369 e. The van der Waals surface area contributed by atoms with Crippen LogP contribution in [0.2, 0.25) is 0 Å². The van der Waals surface area contributed by atoms with E-state index in [1.54, 1.807) is 18.5 Å². The number of halogens is 1. The Labute approximate surface area is 184 Å². The van der Waals surface area contributed by atoms with Crippen LogP contribution in [0.15, 0.2) is 49.2 Å². The van der Waals surface area contributed by atoms with E-state index in [4.69, 9.17) is 0 Å². The second-order valence-electron chi connectivity index (χ2n) is 7.39. The van der Waals surface area contributed by atoms with Crippen molar-refractivity contribution in [1.82, 2.24) is 30.2 Å². The van der Waals surface area contributed by atoms with E-state index in [0.717, 1.165) is 11.1 Å². The molecule has 0 aliphatic rings. The third kappa shape index (κ3) is 4.22. The molecule has 0 fully saturated rings. The summed E-state index contributed by atoms with van der Waals surface area (Å²) >= 11 is 0. The molecule has 1 amide bonds. The summed E-state index contributed by atoms with van der Waals surface area (Å²) in [6, 6.07) is 6.43. The van der Waals surface area contributed by atoms with Gasteiger partial charge < -0.3 is 10.6 Å². The van der Waals surface area contributed by atoms with E-state index in [-0.39, 0.29) is 22.8 Å². The van der Waals surface area contributed by atoms with Gasteiger partial charge in [-0.1, -0.05) is 13.0 Å². The second-order valence-corrected chi connectivity index (χ2v) is 7.39. The maximum Gasteiger partial charge on any atom is 0.251 e. The van der Waals surface area contributed by atoms with Gasteiger partial charge in [0.25, 0.3) is 5.91 Å². The summed E-state index contributed by atoms with van der Waals surface area (Å²) in [6.45, 7) is 4.35. The first-order valence-corrected chi connectivity index (χ1v) is 10.1. The van der Waals surface area contributed by atoms with Crippen LogP contribution >= 0.6 is 0 Å². The minimum absolute atomic E-state index is 0.0355. The van der Waals surface area contributed by atoms with Crippen LogP contribution in [0.1, 0.15) is 34.6 Å². The van der Waals surface area contributed by atoms with Gasteiger partial charge in [0, 0.05) is 55.1 Å². The quantitative estimate of drug-likeness (QED) is 0.481. The van der Waals surface area contributed by atoms with E-state index in [1.165, 1.54) is 31.7 Å². The van der Waals surface area contributed by atoms with Gasteiger partial charge in [-0.2, -0.15) is 0 Å². The third-order valence-corrected chi connectivity index (χ3v) is 5.21. The number of carbonyl (C=O) groups is 1. The number of amides is 1. The minimum Gasteiger partial charge on any atom is -0.369 e. The number of anilines is 1. The summed E-state index contributed by atoms with van der Waals surface area (Å²) < 4.78 is 14.6. The molecular formula is C23H22FN7O. The van der Waals surface area contributed by atoms with Gasteiger partial charge in [-0.3, -0.25) is 9.78 Å². The molecule has 0 radical (unpaired) electrons. The Morgan fingerprint density at radius 3 is 2.62 bits per heavy atom. The molecule has 9 heteroatoms. The maximum atomic E-state index is 14.6. The fourth-order valence-electron chi connectivity index (χ4n) is 3.47. The van der Waals surface area contributed by atoms with Crippen molar-refractivity contribution in [2.45, 2.75) is 19.8 Å². The summed E-state index contributed by atoms with van der Waals surface area (Å²) in [6.07, 6.45) is 6.44. The lowest BCUT2D eigenvalue weighted by Gasteiger charge is -2.17. The van der Waals surface area contributed by atoms with Gasteiger partial charge in [-0.25, -0.2) is 24.3 Å². The Balaban J connectivity index is 1.58. The number of pyridine rings is 1. The molecular weight excluding hydrogens is 409 g/mol. The fraction of sp³-hybridized carbons (Fsp3) is 0.217. The Morgan fingerprint density at radius 2 is 1.88 bits per heavy atom. The lowest BCUT2D eigenvalue weighted by atomic mass is 9.95. The topological polar surface area (TPSA) is 106 Å². The lowest BCUT2D eigenvalue weighted by Crippen LogP contribution is -2.19.